The lowest BCUT2D eigenvalue weighted by Gasteiger charge is -2.42. The zero-order valence-corrected chi connectivity index (χ0v) is 14.9. The molecule has 1 saturated carbocycles. The van der Waals surface area contributed by atoms with E-state index < -0.39 is 5.97 Å². The summed E-state index contributed by atoms with van der Waals surface area (Å²) in [6.45, 7) is 5.37. The molecule has 6 heteroatoms. The molecule has 0 radical (unpaired) electrons. The molecule has 1 heterocycles. The predicted molar refractivity (Wildman–Crippen MR) is 96.4 cm³/mol. The second kappa shape index (κ2) is 8.15. The van der Waals surface area contributed by atoms with Crippen LogP contribution in [0.2, 0.25) is 0 Å². The van der Waals surface area contributed by atoms with Crippen LogP contribution in [0.1, 0.15) is 38.2 Å². The molecule has 0 amide bonds. The minimum absolute atomic E-state index is 0.0975. The Balaban J connectivity index is 1.54. The van der Waals surface area contributed by atoms with E-state index >= 15 is 0 Å². The van der Waals surface area contributed by atoms with E-state index in [0.717, 1.165) is 43.7 Å². The molecule has 5 nitrogen and oxygen atoms in total. The smallest absolute Gasteiger partial charge is 0.317 e. The Morgan fingerprint density at radius 2 is 2.08 bits per heavy atom. The third kappa shape index (κ3) is 4.30. The Morgan fingerprint density at radius 3 is 2.72 bits per heavy atom. The van der Waals surface area contributed by atoms with Gasteiger partial charge in [0.1, 0.15) is 5.82 Å². The zero-order chi connectivity index (χ0) is 17.8. The normalized spacial score (nSPS) is 23.1. The van der Waals surface area contributed by atoms with Crippen LogP contribution in [0.3, 0.4) is 0 Å². The summed E-state index contributed by atoms with van der Waals surface area (Å²) in [5, 5.41) is 12.4. The molecule has 2 aliphatic rings. The highest BCUT2D eigenvalue weighted by molar-refractivity contribution is 5.69. The summed E-state index contributed by atoms with van der Waals surface area (Å²) in [4.78, 5) is 15.2. The van der Waals surface area contributed by atoms with Crippen molar-refractivity contribution in [2.75, 3.05) is 31.1 Å². The lowest BCUT2D eigenvalue weighted by Crippen LogP contribution is -2.53. The summed E-state index contributed by atoms with van der Waals surface area (Å²) < 4.78 is 14.3. The fourth-order valence-electron chi connectivity index (χ4n) is 3.95. The molecule has 0 aromatic heterocycles. The van der Waals surface area contributed by atoms with Crippen LogP contribution in [-0.2, 0) is 11.3 Å². The van der Waals surface area contributed by atoms with Gasteiger partial charge in [0.2, 0.25) is 0 Å². The first kappa shape index (κ1) is 18.1. The van der Waals surface area contributed by atoms with E-state index in [1.54, 1.807) is 6.07 Å². The number of aliphatic carboxylic acids is 1. The van der Waals surface area contributed by atoms with Gasteiger partial charge in [-0.3, -0.25) is 9.69 Å². The van der Waals surface area contributed by atoms with Crippen LogP contribution < -0.4 is 10.2 Å². The van der Waals surface area contributed by atoms with E-state index in [1.165, 1.54) is 18.9 Å². The minimum Gasteiger partial charge on any atom is -0.480 e. The molecule has 2 N–H and O–H groups in total. The number of carboxylic acids is 1. The standard InChI is InChI=1S/C19H28FN3O2/c1-2-22(13-19(24)25)15-10-14(11-15)21-12-16-17(20)6-5-7-18(16)23-8-3-4-9-23/h5-7,14-15,21H,2-4,8-13H2,1H3,(H,24,25). The van der Waals surface area contributed by atoms with Crippen molar-refractivity contribution in [2.45, 2.75) is 51.2 Å². The molecule has 1 aliphatic heterocycles. The molecular weight excluding hydrogens is 321 g/mol. The summed E-state index contributed by atoms with van der Waals surface area (Å²) in [5.74, 6) is -0.922. The fraction of sp³-hybridized carbons (Fsp3) is 0.632. The number of rotatable bonds is 8. The number of halogens is 1. The lowest BCUT2D eigenvalue weighted by molar-refractivity contribution is -0.139. The first-order valence-corrected chi connectivity index (χ1v) is 9.30. The molecule has 1 aromatic rings. The Morgan fingerprint density at radius 1 is 1.36 bits per heavy atom. The highest BCUT2D eigenvalue weighted by Crippen LogP contribution is 2.29. The molecule has 1 aromatic carbocycles. The summed E-state index contributed by atoms with van der Waals surface area (Å²) in [6.07, 6.45) is 4.19. The maximum Gasteiger partial charge on any atom is 0.317 e. The highest BCUT2D eigenvalue weighted by atomic mass is 19.1. The molecule has 0 unspecified atom stereocenters. The SMILES string of the molecule is CCN(CC(=O)O)C1CC(NCc2c(F)cccc2N2CCCC2)C1. The van der Waals surface area contributed by atoms with Gasteiger partial charge in [-0.05, 0) is 44.4 Å². The summed E-state index contributed by atoms with van der Waals surface area (Å²) in [5.41, 5.74) is 1.77. The van der Waals surface area contributed by atoms with Crippen LogP contribution in [0.15, 0.2) is 18.2 Å². The number of likely N-dealkylation sites (N-methyl/N-ethyl adjacent to an activating group) is 1. The maximum atomic E-state index is 14.3. The zero-order valence-electron chi connectivity index (χ0n) is 14.9. The number of carboxylic acid groups (broad SMARTS) is 1. The van der Waals surface area contributed by atoms with Gasteiger partial charge in [0.15, 0.2) is 0 Å². The molecule has 0 spiro atoms. The van der Waals surface area contributed by atoms with Crippen LogP contribution in [0.4, 0.5) is 10.1 Å². The molecule has 1 aliphatic carbocycles. The number of hydrogen-bond acceptors (Lipinski definition) is 4. The predicted octanol–water partition coefficient (Wildman–Crippen LogP) is 2.45. The van der Waals surface area contributed by atoms with Gasteiger partial charge >= 0.3 is 5.97 Å². The van der Waals surface area contributed by atoms with Crippen molar-refractivity contribution in [1.29, 1.82) is 0 Å². The van der Waals surface area contributed by atoms with Gasteiger partial charge in [-0.15, -0.1) is 0 Å². The van der Waals surface area contributed by atoms with Crippen molar-refractivity contribution >= 4 is 11.7 Å². The van der Waals surface area contributed by atoms with Crippen molar-refractivity contribution in [3.05, 3.63) is 29.6 Å². The van der Waals surface area contributed by atoms with Crippen molar-refractivity contribution < 1.29 is 14.3 Å². The average Bonchev–Trinajstić information content (AvgIpc) is 3.07. The van der Waals surface area contributed by atoms with Crippen molar-refractivity contribution in [3.63, 3.8) is 0 Å². The molecule has 0 atom stereocenters. The van der Waals surface area contributed by atoms with Gasteiger partial charge in [-0.2, -0.15) is 0 Å². The van der Waals surface area contributed by atoms with E-state index in [4.69, 9.17) is 5.11 Å². The molecule has 138 valence electrons. The summed E-state index contributed by atoms with van der Waals surface area (Å²) >= 11 is 0. The van der Waals surface area contributed by atoms with Crippen molar-refractivity contribution in [2.24, 2.45) is 0 Å². The van der Waals surface area contributed by atoms with Gasteiger partial charge in [-0.1, -0.05) is 13.0 Å². The van der Waals surface area contributed by atoms with Crippen molar-refractivity contribution in [3.8, 4) is 0 Å². The van der Waals surface area contributed by atoms with Crippen LogP contribution in [0, 0.1) is 5.82 Å². The molecule has 2 fully saturated rings. The molecule has 3 rings (SSSR count). The molecular formula is C19H28FN3O2. The maximum absolute atomic E-state index is 14.3. The van der Waals surface area contributed by atoms with Gasteiger partial charge < -0.3 is 15.3 Å². The number of nitrogens with zero attached hydrogens (tertiary/aromatic N) is 2. The van der Waals surface area contributed by atoms with E-state index in [1.807, 2.05) is 17.9 Å². The number of nitrogens with one attached hydrogen (secondary N) is 1. The Kier molecular flexibility index (Phi) is 5.91. The summed E-state index contributed by atoms with van der Waals surface area (Å²) in [7, 11) is 0. The molecule has 25 heavy (non-hydrogen) atoms. The number of benzene rings is 1. The molecule has 1 saturated heterocycles. The highest BCUT2D eigenvalue weighted by Gasteiger charge is 2.33. The average molecular weight is 349 g/mol. The first-order valence-electron chi connectivity index (χ1n) is 9.30. The Labute approximate surface area is 148 Å². The van der Waals surface area contributed by atoms with Crippen LogP contribution >= 0.6 is 0 Å². The quantitative estimate of drug-likeness (QED) is 0.755. The Bertz CT molecular complexity index is 598. The van der Waals surface area contributed by atoms with Gasteiger partial charge in [0.25, 0.3) is 0 Å². The number of anilines is 1. The third-order valence-electron chi connectivity index (χ3n) is 5.48. The van der Waals surface area contributed by atoms with Crippen LogP contribution in [0.25, 0.3) is 0 Å². The lowest BCUT2D eigenvalue weighted by atomic mass is 9.85. The fourth-order valence-corrected chi connectivity index (χ4v) is 3.95. The monoisotopic (exact) mass is 349 g/mol. The number of carbonyl (C=O) groups is 1. The molecule has 0 bridgehead atoms. The largest absolute Gasteiger partial charge is 0.480 e. The second-order valence-electron chi connectivity index (χ2n) is 7.09. The van der Waals surface area contributed by atoms with E-state index in [2.05, 4.69) is 10.2 Å². The van der Waals surface area contributed by atoms with E-state index in [9.17, 15) is 9.18 Å². The van der Waals surface area contributed by atoms with Gasteiger partial charge in [0.05, 0.1) is 6.54 Å². The second-order valence-corrected chi connectivity index (χ2v) is 7.09. The third-order valence-corrected chi connectivity index (χ3v) is 5.48. The van der Waals surface area contributed by atoms with Crippen LogP contribution in [-0.4, -0.2) is 54.2 Å². The van der Waals surface area contributed by atoms with Crippen molar-refractivity contribution in [1.82, 2.24) is 10.2 Å². The van der Waals surface area contributed by atoms with E-state index in [-0.39, 0.29) is 12.4 Å². The van der Waals surface area contributed by atoms with Gasteiger partial charge in [0, 0.05) is 43.0 Å². The number of hydrogen-bond donors (Lipinski definition) is 2. The summed E-state index contributed by atoms with van der Waals surface area (Å²) in [6, 6.07) is 5.99. The van der Waals surface area contributed by atoms with E-state index in [0.29, 0.717) is 18.6 Å². The minimum atomic E-state index is -0.778. The first-order chi connectivity index (χ1) is 12.1. The topological polar surface area (TPSA) is 55.8 Å². The van der Waals surface area contributed by atoms with Crippen LogP contribution in [0.5, 0.6) is 0 Å². The Hall–Kier alpha value is -1.66. The van der Waals surface area contributed by atoms with Gasteiger partial charge in [-0.25, -0.2) is 4.39 Å².